The summed E-state index contributed by atoms with van der Waals surface area (Å²) in [5, 5.41) is 0.417. The first-order chi connectivity index (χ1) is 6.72. The monoisotopic (exact) mass is 222 g/mol. The number of rotatable bonds is 0. The van der Waals surface area contributed by atoms with Gasteiger partial charge in [0, 0.05) is 22.6 Å². The molecule has 2 nitrogen and oxygen atoms in total. The molecule has 0 saturated carbocycles. The van der Waals surface area contributed by atoms with E-state index >= 15 is 0 Å². The SMILES string of the molecule is O=C1Cc2cc3c(cc2S1)CC(=O)S3. The van der Waals surface area contributed by atoms with Gasteiger partial charge in [-0.1, -0.05) is 23.5 Å². The second kappa shape index (κ2) is 2.87. The first-order valence-corrected chi connectivity index (χ1v) is 5.93. The number of hydrogen-bond donors (Lipinski definition) is 0. The molecule has 4 heteroatoms. The summed E-state index contributed by atoms with van der Waals surface area (Å²) in [7, 11) is 0. The van der Waals surface area contributed by atoms with E-state index in [9.17, 15) is 9.59 Å². The quantitative estimate of drug-likeness (QED) is 0.672. The molecule has 1 aromatic rings. The van der Waals surface area contributed by atoms with E-state index < -0.39 is 0 Å². The van der Waals surface area contributed by atoms with E-state index in [-0.39, 0.29) is 10.2 Å². The van der Waals surface area contributed by atoms with E-state index in [0.29, 0.717) is 12.8 Å². The molecule has 0 radical (unpaired) electrons. The van der Waals surface area contributed by atoms with Crippen molar-refractivity contribution in [3.05, 3.63) is 23.3 Å². The number of benzene rings is 1. The Morgan fingerprint density at radius 2 is 1.29 bits per heavy atom. The van der Waals surface area contributed by atoms with Crippen molar-refractivity contribution in [3.8, 4) is 0 Å². The fourth-order valence-electron chi connectivity index (χ4n) is 1.74. The highest BCUT2D eigenvalue weighted by Crippen LogP contribution is 2.41. The molecular weight excluding hydrogens is 216 g/mol. The van der Waals surface area contributed by atoms with E-state index in [1.165, 1.54) is 23.5 Å². The Hall–Kier alpha value is -0.740. The molecule has 0 amide bonds. The summed E-state index contributed by atoms with van der Waals surface area (Å²) in [4.78, 5) is 24.5. The zero-order valence-electron chi connectivity index (χ0n) is 7.20. The van der Waals surface area contributed by atoms with E-state index in [1.807, 2.05) is 12.1 Å². The van der Waals surface area contributed by atoms with Crippen LogP contribution in [0.1, 0.15) is 11.1 Å². The standard InChI is InChI=1S/C10H6O2S2/c11-9-3-5-1-7-6(2-8(5)14-9)4-10(12)13-7/h1-2H,3-4H2. The lowest BCUT2D eigenvalue weighted by Crippen LogP contribution is -1.88. The Kier molecular flexibility index (Phi) is 1.76. The fourth-order valence-corrected chi connectivity index (χ4v) is 3.61. The topological polar surface area (TPSA) is 34.1 Å². The summed E-state index contributed by atoms with van der Waals surface area (Å²) >= 11 is 2.60. The van der Waals surface area contributed by atoms with Crippen LogP contribution in [0, 0.1) is 0 Å². The van der Waals surface area contributed by atoms with Crippen molar-refractivity contribution in [1.82, 2.24) is 0 Å². The highest BCUT2D eigenvalue weighted by Gasteiger charge is 2.26. The lowest BCUT2D eigenvalue weighted by atomic mass is 10.1. The lowest BCUT2D eigenvalue weighted by molar-refractivity contribution is -0.110. The normalized spacial score (nSPS) is 18.6. The van der Waals surface area contributed by atoms with Crippen molar-refractivity contribution in [2.45, 2.75) is 22.6 Å². The lowest BCUT2D eigenvalue weighted by Gasteiger charge is -2.00. The zero-order valence-corrected chi connectivity index (χ0v) is 8.83. The maximum absolute atomic E-state index is 11.2. The highest BCUT2D eigenvalue weighted by atomic mass is 32.2. The van der Waals surface area contributed by atoms with Crippen LogP contribution in [-0.2, 0) is 22.4 Å². The van der Waals surface area contributed by atoms with Crippen molar-refractivity contribution >= 4 is 33.8 Å². The summed E-state index contributed by atoms with van der Waals surface area (Å²) in [6.45, 7) is 0. The van der Waals surface area contributed by atoms with Gasteiger partial charge in [-0.25, -0.2) is 0 Å². The molecule has 0 saturated heterocycles. The summed E-state index contributed by atoms with van der Waals surface area (Å²) in [5.41, 5.74) is 2.17. The summed E-state index contributed by atoms with van der Waals surface area (Å²) in [5.74, 6) is 0. The zero-order chi connectivity index (χ0) is 9.71. The van der Waals surface area contributed by atoms with Crippen LogP contribution >= 0.6 is 23.5 Å². The minimum absolute atomic E-state index is 0.208. The van der Waals surface area contributed by atoms with Crippen molar-refractivity contribution in [2.75, 3.05) is 0 Å². The number of fused-ring (bicyclic) bond motifs is 2. The smallest absolute Gasteiger partial charge is 0.198 e. The van der Waals surface area contributed by atoms with Crippen molar-refractivity contribution in [2.24, 2.45) is 0 Å². The van der Waals surface area contributed by atoms with Crippen molar-refractivity contribution in [1.29, 1.82) is 0 Å². The molecule has 0 N–H and O–H groups in total. The molecule has 70 valence electrons. The van der Waals surface area contributed by atoms with Gasteiger partial charge in [-0.3, -0.25) is 9.59 Å². The van der Waals surface area contributed by atoms with Gasteiger partial charge in [0.25, 0.3) is 0 Å². The Morgan fingerprint density at radius 1 is 0.857 bits per heavy atom. The van der Waals surface area contributed by atoms with Gasteiger partial charge in [-0.05, 0) is 23.3 Å². The van der Waals surface area contributed by atoms with Crippen LogP contribution in [0.5, 0.6) is 0 Å². The van der Waals surface area contributed by atoms with Gasteiger partial charge in [0.2, 0.25) is 0 Å². The van der Waals surface area contributed by atoms with Crippen LogP contribution in [0.25, 0.3) is 0 Å². The molecule has 2 heterocycles. The molecule has 2 aliphatic rings. The fraction of sp³-hybridized carbons (Fsp3) is 0.200. The molecule has 1 aromatic carbocycles. The average Bonchev–Trinajstić information content (AvgIpc) is 2.59. The number of carbonyl (C=O) groups excluding carboxylic acids is 2. The minimum Gasteiger partial charge on any atom is -0.286 e. The van der Waals surface area contributed by atoms with Gasteiger partial charge >= 0.3 is 0 Å². The molecule has 0 aliphatic carbocycles. The van der Waals surface area contributed by atoms with Gasteiger partial charge in [0.1, 0.15) is 0 Å². The molecular formula is C10H6O2S2. The molecule has 14 heavy (non-hydrogen) atoms. The average molecular weight is 222 g/mol. The second-order valence-electron chi connectivity index (χ2n) is 3.37. The number of thioether (sulfide) groups is 2. The third-order valence-corrected chi connectivity index (χ3v) is 4.30. The van der Waals surface area contributed by atoms with Crippen LogP contribution in [0.4, 0.5) is 0 Å². The third kappa shape index (κ3) is 1.21. The van der Waals surface area contributed by atoms with E-state index in [1.54, 1.807) is 0 Å². The molecule has 0 spiro atoms. The summed E-state index contributed by atoms with van der Waals surface area (Å²) in [6.07, 6.45) is 1.03. The predicted molar refractivity (Wildman–Crippen MR) is 55.6 cm³/mol. The maximum Gasteiger partial charge on any atom is 0.198 e. The van der Waals surface area contributed by atoms with E-state index in [4.69, 9.17) is 0 Å². The Morgan fingerprint density at radius 3 is 1.71 bits per heavy atom. The summed E-state index contributed by atoms with van der Waals surface area (Å²) < 4.78 is 0. The Bertz CT molecular complexity index is 387. The van der Waals surface area contributed by atoms with E-state index in [0.717, 1.165) is 20.9 Å². The Balaban J connectivity index is 2.13. The van der Waals surface area contributed by atoms with Crippen LogP contribution in [0.15, 0.2) is 21.9 Å². The summed E-state index contributed by atoms with van der Waals surface area (Å²) in [6, 6.07) is 4.00. The minimum atomic E-state index is 0.208. The van der Waals surface area contributed by atoms with Crippen molar-refractivity contribution < 1.29 is 9.59 Å². The van der Waals surface area contributed by atoms with E-state index in [2.05, 4.69) is 0 Å². The van der Waals surface area contributed by atoms with Crippen LogP contribution in [0.3, 0.4) is 0 Å². The molecule has 0 fully saturated rings. The van der Waals surface area contributed by atoms with Gasteiger partial charge in [0.15, 0.2) is 10.2 Å². The third-order valence-electron chi connectivity index (χ3n) is 2.36. The van der Waals surface area contributed by atoms with Crippen LogP contribution < -0.4 is 0 Å². The molecule has 0 atom stereocenters. The predicted octanol–water partition coefficient (Wildman–Crippen LogP) is 2.04. The molecule has 3 rings (SSSR count). The first kappa shape index (κ1) is 8.56. The largest absolute Gasteiger partial charge is 0.286 e. The molecule has 0 bridgehead atoms. The second-order valence-corrected chi connectivity index (χ2v) is 5.57. The highest BCUT2D eigenvalue weighted by molar-refractivity contribution is 8.14. The Labute approximate surface area is 89.4 Å². The molecule has 0 aromatic heterocycles. The van der Waals surface area contributed by atoms with Gasteiger partial charge < -0.3 is 0 Å². The van der Waals surface area contributed by atoms with Gasteiger partial charge in [-0.2, -0.15) is 0 Å². The maximum atomic E-state index is 11.2. The van der Waals surface area contributed by atoms with Gasteiger partial charge in [0.05, 0.1) is 0 Å². The number of carbonyl (C=O) groups is 2. The number of hydrogen-bond acceptors (Lipinski definition) is 4. The molecule has 2 aliphatic heterocycles. The first-order valence-electron chi connectivity index (χ1n) is 4.29. The van der Waals surface area contributed by atoms with Crippen LogP contribution in [-0.4, -0.2) is 10.2 Å². The van der Waals surface area contributed by atoms with Crippen LogP contribution in [0.2, 0.25) is 0 Å². The van der Waals surface area contributed by atoms with Gasteiger partial charge in [-0.15, -0.1) is 0 Å². The molecule has 0 unspecified atom stereocenters. The van der Waals surface area contributed by atoms with Crippen molar-refractivity contribution in [3.63, 3.8) is 0 Å².